The molecule has 144 valence electrons. The summed E-state index contributed by atoms with van der Waals surface area (Å²) >= 11 is 0. The summed E-state index contributed by atoms with van der Waals surface area (Å²) < 4.78 is 1.71. The van der Waals surface area contributed by atoms with Crippen LogP contribution < -0.4 is 0 Å². The first-order valence-electron chi connectivity index (χ1n) is 9.93. The van der Waals surface area contributed by atoms with Gasteiger partial charge in [0.05, 0.1) is 0 Å². The number of pyridine rings is 1. The van der Waals surface area contributed by atoms with Gasteiger partial charge in [-0.1, -0.05) is 25.3 Å². The molecule has 2 fully saturated rings. The Morgan fingerprint density at radius 3 is 2.56 bits per heavy atom. The third-order valence-electron chi connectivity index (χ3n) is 5.94. The summed E-state index contributed by atoms with van der Waals surface area (Å²) in [4.78, 5) is 22.3. The Kier molecular flexibility index (Phi) is 5.42. The van der Waals surface area contributed by atoms with Crippen LogP contribution in [0.5, 0.6) is 0 Å². The molecule has 1 aliphatic carbocycles. The van der Waals surface area contributed by atoms with Crippen LogP contribution in [-0.4, -0.2) is 73.6 Å². The summed E-state index contributed by atoms with van der Waals surface area (Å²) in [5.41, 5.74) is 0.536. The van der Waals surface area contributed by atoms with Crippen LogP contribution in [0.3, 0.4) is 0 Å². The van der Waals surface area contributed by atoms with Crippen molar-refractivity contribution in [1.82, 2.24) is 35.0 Å². The maximum Gasteiger partial charge on any atom is 0.250 e. The second kappa shape index (κ2) is 8.12. The van der Waals surface area contributed by atoms with Gasteiger partial charge in [0.1, 0.15) is 11.9 Å². The van der Waals surface area contributed by atoms with E-state index in [1.165, 1.54) is 6.42 Å². The van der Waals surface area contributed by atoms with Gasteiger partial charge in [-0.2, -0.15) is 0 Å². The zero-order valence-corrected chi connectivity index (χ0v) is 15.7. The van der Waals surface area contributed by atoms with Crippen LogP contribution in [-0.2, 0) is 16.8 Å². The quantitative estimate of drug-likeness (QED) is 0.786. The fourth-order valence-electron chi connectivity index (χ4n) is 4.32. The average molecular weight is 369 g/mol. The van der Waals surface area contributed by atoms with E-state index in [0.717, 1.165) is 70.5 Å². The zero-order valence-electron chi connectivity index (χ0n) is 15.7. The van der Waals surface area contributed by atoms with Gasteiger partial charge >= 0.3 is 0 Å². The van der Waals surface area contributed by atoms with Crippen molar-refractivity contribution < 1.29 is 4.79 Å². The summed E-state index contributed by atoms with van der Waals surface area (Å²) in [6.07, 6.45) is 9.33. The van der Waals surface area contributed by atoms with Crippen LogP contribution in [0.15, 0.2) is 30.7 Å². The second-order valence-corrected chi connectivity index (χ2v) is 7.55. The van der Waals surface area contributed by atoms with Gasteiger partial charge in [0.2, 0.25) is 0 Å². The Labute approximate surface area is 159 Å². The Bertz CT molecular complexity index is 720. The number of amides is 1. The van der Waals surface area contributed by atoms with Gasteiger partial charge in [-0.3, -0.25) is 14.7 Å². The molecule has 1 saturated carbocycles. The molecular formula is C19H27N7O. The summed E-state index contributed by atoms with van der Waals surface area (Å²) in [5.74, 6) is 0.193. The lowest BCUT2D eigenvalue weighted by Gasteiger charge is -2.42. The van der Waals surface area contributed by atoms with Crippen molar-refractivity contribution in [2.24, 2.45) is 0 Å². The Morgan fingerprint density at radius 1 is 1.07 bits per heavy atom. The van der Waals surface area contributed by atoms with E-state index in [1.807, 2.05) is 23.2 Å². The monoisotopic (exact) mass is 369 g/mol. The topological polar surface area (TPSA) is 80.0 Å². The number of aromatic nitrogens is 5. The molecule has 0 atom stereocenters. The highest BCUT2D eigenvalue weighted by molar-refractivity contribution is 5.84. The van der Waals surface area contributed by atoms with E-state index in [-0.39, 0.29) is 5.91 Å². The molecule has 8 nitrogen and oxygen atoms in total. The summed E-state index contributed by atoms with van der Waals surface area (Å²) in [6, 6.07) is 6.04. The van der Waals surface area contributed by atoms with Crippen molar-refractivity contribution >= 4 is 5.91 Å². The molecule has 4 rings (SSSR count). The molecule has 27 heavy (non-hydrogen) atoms. The van der Waals surface area contributed by atoms with Gasteiger partial charge in [0.25, 0.3) is 5.91 Å². The van der Waals surface area contributed by atoms with Crippen LogP contribution in [0.25, 0.3) is 0 Å². The Balaban J connectivity index is 1.36. The molecule has 8 heteroatoms. The Morgan fingerprint density at radius 2 is 1.89 bits per heavy atom. The van der Waals surface area contributed by atoms with E-state index in [2.05, 4.69) is 31.5 Å². The number of piperazine rings is 1. The predicted octanol–water partition coefficient (Wildman–Crippen LogP) is 1.11. The number of tetrazole rings is 1. The normalized spacial score (nSPS) is 20.5. The smallest absolute Gasteiger partial charge is 0.250 e. The molecular weight excluding hydrogens is 342 g/mol. The number of carbonyl (C=O) groups is 1. The molecule has 2 aromatic rings. The van der Waals surface area contributed by atoms with Gasteiger partial charge in [0.15, 0.2) is 0 Å². The SMILES string of the molecule is O=C(N1CCN(CCc2ccccn2)CC1)C1(n2cnnn2)CCCCC1. The zero-order chi connectivity index (χ0) is 18.5. The largest absolute Gasteiger partial charge is 0.338 e. The molecule has 1 saturated heterocycles. The minimum Gasteiger partial charge on any atom is -0.338 e. The molecule has 2 aromatic heterocycles. The summed E-state index contributed by atoms with van der Waals surface area (Å²) in [5, 5.41) is 11.7. The van der Waals surface area contributed by atoms with Gasteiger partial charge in [-0.05, 0) is 35.4 Å². The van der Waals surface area contributed by atoms with Gasteiger partial charge in [0, 0.05) is 51.0 Å². The van der Waals surface area contributed by atoms with E-state index >= 15 is 0 Å². The van der Waals surface area contributed by atoms with E-state index in [9.17, 15) is 4.79 Å². The number of hydrogen-bond acceptors (Lipinski definition) is 6. The molecule has 0 radical (unpaired) electrons. The first-order chi connectivity index (χ1) is 13.3. The van der Waals surface area contributed by atoms with Gasteiger partial charge in [-0.25, -0.2) is 4.68 Å². The van der Waals surface area contributed by atoms with Crippen molar-refractivity contribution in [2.75, 3.05) is 32.7 Å². The summed E-state index contributed by atoms with van der Waals surface area (Å²) in [7, 11) is 0. The fraction of sp³-hybridized carbons (Fsp3) is 0.632. The minimum atomic E-state index is -0.585. The number of nitrogens with zero attached hydrogens (tertiary/aromatic N) is 7. The molecule has 2 aliphatic rings. The summed E-state index contributed by atoms with van der Waals surface area (Å²) in [6.45, 7) is 4.33. The van der Waals surface area contributed by atoms with E-state index in [1.54, 1.807) is 11.0 Å². The lowest BCUT2D eigenvalue weighted by atomic mass is 9.80. The maximum atomic E-state index is 13.4. The van der Waals surface area contributed by atoms with Crippen LogP contribution in [0.4, 0.5) is 0 Å². The third-order valence-corrected chi connectivity index (χ3v) is 5.94. The first kappa shape index (κ1) is 18.0. The highest BCUT2D eigenvalue weighted by Gasteiger charge is 2.45. The fourth-order valence-corrected chi connectivity index (χ4v) is 4.32. The molecule has 0 unspecified atom stereocenters. The van der Waals surface area contributed by atoms with E-state index in [4.69, 9.17) is 0 Å². The predicted molar refractivity (Wildman–Crippen MR) is 99.8 cm³/mol. The van der Waals surface area contributed by atoms with Crippen molar-refractivity contribution in [3.05, 3.63) is 36.4 Å². The second-order valence-electron chi connectivity index (χ2n) is 7.55. The molecule has 0 N–H and O–H groups in total. The minimum absolute atomic E-state index is 0.193. The van der Waals surface area contributed by atoms with Crippen molar-refractivity contribution in [2.45, 2.75) is 44.1 Å². The molecule has 0 aromatic carbocycles. The molecule has 0 bridgehead atoms. The number of carbonyl (C=O) groups excluding carboxylic acids is 1. The van der Waals surface area contributed by atoms with Crippen LogP contribution in [0.2, 0.25) is 0 Å². The lowest BCUT2D eigenvalue weighted by molar-refractivity contribution is -0.145. The van der Waals surface area contributed by atoms with Gasteiger partial charge < -0.3 is 4.90 Å². The van der Waals surface area contributed by atoms with Crippen molar-refractivity contribution in [3.63, 3.8) is 0 Å². The molecule has 1 aliphatic heterocycles. The van der Waals surface area contributed by atoms with Gasteiger partial charge in [-0.15, -0.1) is 5.10 Å². The number of rotatable bonds is 5. The molecule has 3 heterocycles. The molecule has 0 spiro atoms. The first-order valence-corrected chi connectivity index (χ1v) is 9.93. The van der Waals surface area contributed by atoms with Crippen molar-refractivity contribution in [3.8, 4) is 0 Å². The average Bonchev–Trinajstić information content (AvgIpc) is 3.29. The van der Waals surface area contributed by atoms with Crippen molar-refractivity contribution in [1.29, 1.82) is 0 Å². The van der Waals surface area contributed by atoms with E-state index in [0.29, 0.717) is 0 Å². The highest BCUT2D eigenvalue weighted by Crippen LogP contribution is 2.36. The van der Waals surface area contributed by atoms with Crippen LogP contribution in [0.1, 0.15) is 37.8 Å². The molecule has 1 amide bonds. The maximum absolute atomic E-state index is 13.4. The highest BCUT2D eigenvalue weighted by atomic mass is 16.2. The number of hydrogen-bond donors (Lipinski definition) is 0. The third kappa shape index (κ3) is 3.85. The van der Waals surface area contributed by atoms with Crippen LogP contribution >= 0.6 is 0 Å². The lowest BCUT2D eigenvalue weighted by Crippen LogP contribution is -2.57. The van der Waals surface area contributed by atoms with E-state index < -0.39 is 5.54 Å². The van der Waals surface area contributed by atoms with Crippen LogP contribution in [0, 0.1) is 0 Å². The standard InChI is InChI=1S/C19H27N7O/c27-18(19(8-3-1-4-9-19)26-16-21-22-23-26)25-14-12-24(13-15-25)11-7-17-6-2-5-10-20-17/h2,5-6,10,16H,1,3-4,7-9,11-15H2. The Hall–Kier alpha value is -2.35.